The van der Waals surface area contributed by atoms with Crippen molar-refractivity contribution in [2.24, 2.45) is 0 Å². The minimum Gasteiger partial charge on any atom is -0.368 e. The fourth-order valence-corrected chi connectivity index (χ4v) is 4.03. The summed E-state index contributed by atoms with van der Waals surface area (Å²) in [5, 5.41) is 1.06. The maximum absolute atomic E-state index is 12.7. The van der Waals surface area contributed by atoms with Crippen LogP contribution in [-0.2, 0) is 4.79 Å². The van der Waals surface area contributed by atoms with Crippen molar-refractivity contribution in [1.82, 2.24) is 9.80 Å². The van der Waals surface area contributed by atoms with E-state index in [2.05, 4.69) is 4.90 Å². The summed E-state index contributed by atoms with van der Waals surface area (Å²) >= 11 is 12.1. The average Bonchev–Trinajstić information content (AvgIpc) is 3.11. The van der Waals surface area contributed by atoms with Crippen LogP contribution in [0, 0.1) is 0 Å². The van der Waals surface area contributed by atoms with E-state index in [4.69, 9.17) is 23.2 Å². The number of amides is 3. The van der Waals surface area contributed by atoms with Gasteiger partial charge in [-0.15, -0.1) is 0 Å². The number of hydrogen-bond donors (Lipinski definition) is 0. The van der Waals surface area contributed by atoms with E-state index in [1.807, 2.05) is 47.4 Å². The lowest BCUT2D eigenvalue weighted by Gasteiger charge is -2.36. The Morgan fingerprint density at radius 3 is 2.24 bits per heavy atom. The molecule has 0 aliphatic carbocycles. The molecule has 2 heterocycles. The molecule has 2 aliphatic heterocycles. The smallest absolute Gasteiger partial charge is 0.325 e. The Bertz CT molecular complexity index is 901. The van der Waals surface area contributed by atoms with Crippen molar-refractivity contribution in [2.45, 2.75) is 0 Å². The molecule has 2 saturated heterocycles. The molecule has 0 atom stereocenters. The van der Waals surface area contributed by atoms with E-state index in [0.717, 1.165) is 11.4 Å². The maximum Gasteiger partial charge on any atom is 0.325 e. The zero-order valence-electron chi connectivity index (χ0n) is 15.9. The predicted octanol–water partition coefficient (Wildman–Crippen LogP) is 3.58. The molecule has 2 fully saturated rings. The molecule has 4 rings (SSSR count). The number of nitrogens with zero attached hydrogens (tertiary/aromatic N) is 4. The molecule has 0 spiro atoms. The number of piperazine rings is 1. The molecule has 2 aromatic carbocycles. The molecule has 2 aromatic rings. The number of halogens is 2. The summed E-state index contributed by atoms with van der Waals surface area (Å²) in [7, 11) is 0. The lowest BCUT2D eigenvalue weighted by Crippen LogP contribution is -2.51. The molecule has 0 bridgehead atoms. The third-order valence-electron chi connectivity index (χ3n) is 5.39. The van der Waals surface area contributed by atoms with Crippen LogP contribution in [-0.4, -0.2) is 67.6 Å². The van der Waals surface area contributed by atoms with E-state index in [1.54, 1.807) is 15.9 Å². The van der Waals surface area contributed by atoms with Gasteiger partial charge in [0.05, 0.1) is 10.0 Å². The average molecular weight is 433 g/mol. The van der Waals surface area contributed by atoms with E-state index < -0.39 is 0 Å². The van der Waals surface area contributed by atoms with Gasteiger partial charge in [0.1, 0.15) is 6.54 Å². The molecular formula is C21H22Cl2N4O2. The Balaban J connectivity index is 1.31. The molecule has 0 aromatic heterocycles. The molecule has 2 aliphatic rings. The van der Waals surface area contributed by atoms with Crippen molar-refractivity contribution in [2.75, 3.05) is 55.6 Å². The largest absolute Gasteiger partial charge is 0.368 e. The molecule has 152 valence electrons. The normalized spacial score (nSPS) is 17.2. The van der Waals surface area contributed by atoms with E-state index in [1.165, 1.54) is 0 Å². The Morgan fingerprint density at radius 1 is 0.828 bits per heavy atom. The maximum atomic E-state index is 12.7. The number of carbonyl (C=O) groups excluding carboxylic acids is 2. The summed E-state index contributed by atoms with van der Waals surface area (Å²) in [6.07, 6.45) is 0. The highest BCUT2D eigenvalue weighted by molar-refractivity contribution is 6.42. The number of rotatable bonds is 4. The van der Waals surface area contributed by atoms with Gasteiger partial charge in [-0.2, -0.15) is 0 Å². The van der Waals surface area contributed by atoms with Gasteiger partial charge in [-0.3, -0.25) is 9.69 Å². The van der Waals surface area contributed by atoms with E-state index in [9.17, 15) is 9.59 Å². The van der Waals surface area contributed by atoms with E-state index >= 15 is 0 Å². The third kappa shape index (κ3) is 4.28. The second kappa shape index (κ2) is 8.51. The summed E-state index contributed by atoms with van der Waals surface area (Å²) < 4.78 is 0. The van der Waals surface area contributed by atoms with Gasteiger partial charge in [0.15, 0.2) is 0 Å². The number of para-hydroxylation sites is 1. The fraction of sp³-hybridized carbons (Fsp3) is 0.333. The molecule has 29 heavy (non-hydrogen) atoms. The van der Waals surface area contributed by atoms with Gasteiger partial charge in [0, 0.05) is 50.6 Å². The molecule has 0 radical (unpaired) electrons. The molecule has 0 N–H and O–H groups in total. The predicted molar refractivity (Wildman–Crippen MR) is 116 cm³/mol. The standard InChI is InChI=1S/C21H22Cl2N4O2/c22-18-7-6-17(14-19(18)23)24-8-10-25(11-9-24)20(28)15-26-12-13-27(21(26)29)16-4-2-1-3-5-16/h1-7,14H,8-13,15H2. The first-order valence-electron chi connectivity index (χ1n) is 9.62. The number of benzene rings is 2. The first kappa shape index (κ1) is 19.9. The van der Waals surface area contributed by atoms with Crippen LogP contribution in [0.5, 0.6) is 0 Å². The lowest BCUT2D eigenvalue weighted by atomic mass is 10.2. The topological polar surface area (TPSA) is 47.1 Å². The van der Waals surface area contributed by atoms with Gasteiger partial charge in [-0.05, 0) is 30.3 Å². The van der Waals surface area contributed by atoms with Gasteiger partial charge in [0.25, 0.3) is 0 Å². The van der Waals surface area contributed by atoms with Crippen LogP contribution in [0.15, 0.2) is 48.5 Å². The zero-order chi connectivity index (χ0) is 20.4. The van der Waals surface area contributed by atoms with Crippen LogP contribution in [0.1, 0.15) is 0 Å². The van der Waals surface area contributed by atoms with Gasteiger partial charge in [0.2, 0.25) is 5.91 Å². The van der Waals surface area contributed by atoms with Gasteiger partial charge < -0.3 is 14.7 Å². The third-order valence-corrected chi connectivity index (χ3v) is 6.13. The van der Waals surface area contributed by atoms with E-state index in [-0.39, 0.29) is 18.5 Å². The van der Waals surface area contributed by atoms with E-state index in [0.29, 0.717) is 49.3 Å². The second-order valence-electron chi connectivity index (χ2n) is 7.16. The minimum atomic E-state index is -0.112. The number of urea groups is 1. The van der Waals surface area contributed by atoms with Crippen molar-refractivity contribution in [1.29, 1.82) is 0 Å². The highest BCUT2D eigenvalue weighted by Gasteiger charge is 2.32. The molecule has 0 saturated carbocycles. The van der Waals surface area contributed by atoms with Crippen LogP contribution >= 0.6 is 23.2 Å². The Kier molecular flexibility index (Phi) is 5.83. The molecule has 8 heteroatoms. The SMILES string of the molecule is O=C(CN1CCN(c2ccccc2)C1=O)N1CCN(c2ccc(Cl)c(Cl)c2)CC1. The first-order valence-corrected chi connectivity index (χ1v) is 10.4. The van der Waals surface area contributed by atoms with Crippen LogP contribution in [0.4, 0.5) is 16.2 Å². The highest BCUT2D eigenvalue weighted by atomic mass is 35.5. The summed E-state index contributed by atoms with van der Waals surface area (Å²) in [5.74, 6) is -0.0120. The first-order chi connectivity index (χ1) is 14.0. The Hall–Kier alpha value is -2.44. The molecule has 0 unspecified atom stereocenters. The summed E-state index contributed by atoms with van der Waals surface area (Å²) in [5.41, 5.74) is 1.86. The lowest BCUT2D eigenvalue weighted by molar-refractivity contribution is -0.131. The number of carbonyl (C=O) groups is 2. The molecule has 6 nitrogen and oxygen atoms in total. The Morgan fingerprint density at radius 2 is 1.55 bits per heavy atom. The second-order valence-corrected chi connectivity index (χ2v) is 7.97. The number of hydrogen-bond acceptors (Lipinski definition) is 3. The summed E-state index contributed by atoms with van der Waals surface area (Å²) in [6.45, 7) is 3.94. The Labute approximate surface area is 180 Å². The van der Waals surface area contributed by atoms with Crippen molar-refractivity contribution in [3.05, 3.63) is 58.6 Å². The van der Waals surface area contributed by atoms with Gasteiger partial charge >= 0.3 is 6.03 Å². The molecule has 3 amide bonds. The minimum absolute atomic E-state index is 0.0120. The molecular weight excluding hydrogens is 411 g/mol. The summed E-state index contributed by atoms with van der Waals surface area (Å²) in [6, 6.07) is 15.0. The van der Waals surface area contributed by atoms with Gasteiger partial charge in [-0.1, -0.05) is 41.4 Å². The van der Waals surface area contributed by atoms with Crippen molar-refractivity contribution in [3.8, 4) is 0 Å². The highest BCUT2D eigenvalue weighted by Crippen LogP contribution is 2.28. The van der Waals surface area contributed by atoms with Crippen molar-refractivity contribution >= 4 is 46.5 Å². The monoisotopic (exact) mass is 432 g/mol. The van der Waals surface area contributed by atoms with Crippen LogP contribution in [0.3, 0.4) is 0 Å². The fourth-order valence-electron chi connectivity index (χ4n) is 3.74. The quantitative estimate of drug-likeness (QED) is 0.741. The van der Waals surface area contributed by atoms with Crippen LogP contribution < -0.4 is 9.80 Å². The number of anilines is 2. The van der Waals surface area contributed by atoms with Crippen LogP contribution in [0.2, 0.25) is 10.0 Å². The van der Waals surface area contributed by atoms with Crippen molar-refractivity contribution in [3.63, 3.8) is 0 Å². The summed E-state index contributed by atoms with van der Waals surface area (Å²) in [4.78, 5) is 32.8. The zero-order valence-corrected chi connectivity index (χ0v) is 17.4. The van der Waals surface area contributed by atoms with Gasteiger partial charge in [-0.25, -0.2) is 4.79 Å². The van der Waals surface area contributed by atoms with Crippen molar-refractivity contribution < 1.29 is 9.59 Å². The van der Waals surface area contributed by atoms with Crippen LogP contribution in [0.25, 0.3) is 0 Å².